The average Bonchev–Trinajstić information content (AvgIpc) is 2.93. The number of likely N-dealkylation sites (N-methyl/N-ethyl adjacent to an activating group) is 1. The molecule has 0 spiro atoms. The minimum Gasteiger partial charge on any atom is -0.385 e. The van der Waals surface area contributed by atoms with Crippen molar-refractivity contribution in [3.63, 3.8) is 0 Å². The van der Waals surface area contributed by atoms with E-state index in [-0.39, 0.29) is 6.04 Å². The molecule has 0 bridgehead atoms. The van der Waals surface area contributed by atoms with Gasteiger partial charge in [0.05, 0.1) is 5.22 Å². The van der Waals surface area contributed by atoms with Gasteiger partial charge in [0.15, 0.2) is 0 Å². The molecule has 0 saturated heterocycles. The molecular weight excluding hydrogens is 262 g/mol. The fourth-order valence-corrected chi connectivity index (χ4v) is 3.34. The summed E-state index contributed by atoms with van der Waals surface area (Å²) in [6.45, 7) is 6.98. The number of benzene rings is 1. The molecule has 2 radical (unpaired) electrons. The van der Waals surface area contributed by atoms with E-state index in [0.717, 1.165) is 32.2 Å². The van der Waals surface area contributed by atoms with E-state index in [1.54, 1.807) is 0 Å². The van der Waals surface area contributed by atoms with E-state index in [0.29, 0.717) is 6.54 Å². The van der Waals surface area contributed by atoms with Gasteiger partial charge in [-0.25, -0.2) is 0 Å². The minimum absolute atomic E-state index is 0.105. The normalized spacial score (nSPS) is 25.0. The van der Waals surface area contributed by atoms with Gasteiger partial charge < -0.3 is 5.11 Å². The van der Waals surface area contributed by atoms with Gasteiger partial charge in [-0.1, -0.05) is 49.6 Å². The minimum atomic E-state index is -0.663. The van der Waals surface area contributed by atoms with Crippen LogP contribution in [0, 0.1) is 6.54 Å². The number of hydrogen-bond donors (Lipinski definition) is 1. The largest absolute Gasteiger partial charge is 0.385 e. The van der Waals surface area contributed by atoms with Crippen molar-refractivity contribution in [3.05, 3.63) is 42.4 Å². The van der Waals surface area contributed by atoms with Crippen molar-refractivity contribution < 1.29 is 9.80 Å². The molecule has 1 fully saturated rings. The third-order valence-electron chi connectivity index (χ3n) is 4.52. The van der Waals surface area contributed by atoms with Crippen LogP contribution in [0.2, 0.25) is 0 Å². The molecule has 112 valence electrons. The summed E-state index contributed by atoms with van der Waals surface area (Å²) in [5.74, 6) is 0. The summed E-state index contributed by atoms with van der Waals surface area (Å²) in [5.41, 5.74) is 0.546. The molecule has 1 saturated carbocycles. The van der Waals surface area contributed by atoms with E-state index in [1.165, 1.54) is 12.0 Å². The fourth-order valence-electron chi connectivity index (χ4n) is 3.34. The van der Waals surface area contributed by atoms with Crippen molar-refractivity contribution in [2.75, 3.05) is 6.54 Å². The van der Waals surface area contributed by atoms with Crippen LogP contribution in [0.3, 0.4) is 0 Å². The van der Waals surface area contributed by atoms with Crippen LogP contribution >= 0.6 is 0 Å². The third-order valence-corrected chi connectivity index (χ3v) is 4.52. The molecule has 1 N–H and O–H groups in total. The molecule has 1 aliphatic heterocycles. The molecular formula is C17H24N3O+. The molecule has 1 atom stereocenters. The van der Waals surface area contributed by atoms with Gasteiger partial charge in [-0.15, -0.1) is 4.70 Å². The van der Waals surface area contributed by atoms with Gasteiger partial charge in [-0.05, 0) is 25.3 Å². The molecule has 0 amide bonds. The lowest BCUT2D eigenvalue weighted by atomic mass is 9.79. The van der Waals surface area contributed by atoms with E-state index >= 15 is 0 Å². The standard InChI is InChI=1S/C17H24N3O/c1-2-20-16(17(21)11-7-4-8-12-17)14-19(18-20)13-15-9-5-3-6-10-15/h3,5-6,9-10,16,21H,2,4,7-8,11-13H2,1H3/q+1. The van der Waals surface area contributed by atoms with Crippen molar-refractivity contribution in [2.45, 2.75) is 57.2 Å². The molecule has 4 heteroatoms. The Labute approximate surface area is 127 Å². The van der Waals surface area contributed by atoms with Gasteiger partial charge in [-0.2, -0.15) is 5.01 Å². The second-order valence-electron chi connectivity index (χ2n) is 6.08. The van der Waals surface area contributed by atoms with Gasteiger partial charge in [0.2, 0.25) is 6.04 Å². The maximum Gasteiger partial charge on any atom is 0.279 e. The van der Waals surface area contributed by atoms with Crippen LogP contribution in [0.5, 0.6) is 0 Å². The van der Waals surface area contributed by atoms with Crippen molar-refractivity contribution in [1.29, 1.82) is 0 Å². The number of rotatable bonds is 4. The van der Waals surface area contributed by atoms with Crippen molar-refractivity contribution in [2.24, 2.45) is 5.22 Å². The van der Waals surface area contributed by atoms with E-state index in [2.05, 4.69) is 30.8 Å². The Hall–Kier alpha value is -1.42. The first-order valence-electron chi connectivity index (χ1n) is 7.99. The molecule has 1 aromatic carbocycles. The first-order chi connectivity index (χ1) is 10.2. The van der Waals surface area contributed by atoms with E-state index < -0.39 is 5.60 Å². The summed E-state index contributed by atoms with van der Waals surface area (Å²) >= 11 is 0. The maximum absolute atomic E-state index is 11.0. The molecule has 0 aromatic heterocycles. The lowest BCUT2D eigenvalue weighted by Crippen LogP contribution is -2.50. The molecule has 21 heavy (non-hydrogen) atoms. The van der Waals surface area contributed by atoms with Gasteiger partial charge in [0, 0.05) is 0 Å². The summed E-state index contributed by atoms with van der Waals surface area (Å²) in [6.07, 6.45) is 5.15. The van der Waals surface area contributed by atoms with Crippen LogP contribution in [0.1, 0.15) is 44.6 Å². The van der Waals surface area contributed by atoms with Crippen LogP contribution in [0.15, 0.2) is 35.6 Å². The Bertz CT molecular complexity index is 494. The van der Waals surface area contributed by atoms with Gasteiger partial charge in [0.25, 0.3) is 6.54 Å². The monoisotopic (exact) mass is 286 g/mol. The zero-order valence-corrected chi connectivity index (χ0v) is 12.7. The quantitative estimate of drug-likeness (QED) is 0.864. The molecule has 2 aliphatic rings. The Morgan fingerprint density at radius 2 is 2.00 bits per heavy atom. The van der Waals surface area contributed by atoms with Crippen molar-refractivity contribution >= 4 is 0 Å². The summed E-state index contributed by atoms with van der Waals surface area (Å²) < 4.78 is 1.86. The molecule has 1 aliphatic carbocycles. The first-order valence-corrected chi connectivity index (χ1v) is 7.99. The highest BCUT2D eigenvalue weighted by Crippen LogP contribution is 2.36. The molecule has 1 heterocycles. The van der Waals surface area contributed by atoms with Gasteiger partial charge >= 0.3 is 0 Å². The molecule has 1 aromatic rings. The second kappa shape index (κ2) is 6.14. The second-order valence-corrected chi connectivity index (χ2v) is 6.08. The Balaban J connectivity index is 1.71. The average molecular weight is 286 g/mol. The Morgan fingerprint density at radius 3 is 2.67 bits per heavy atom. The zero-order valence-electron chi connectivity index (χ0n) is 12.7. The van der Waals surface area contributed by atoms with Crippen molar-refractivity contribution in [1.82, 2.24) is 5.01 Å². The van der Waals surface area contributed by atoms with Crippen LogP contribution in [-0.2, 0) is 6.54 Å². The third kappa shape index (κ3) is 3.10. The summed E-state index contributed by atoms with van der Waals surface area (Å²) in [7, 11) is 0. The predicted molar refractivity (Wildman–Crippen MR) is 80.3 cm³/mol. The number of hydrogen-bond acceptors (Lipinski definition) is 3. The number of aliphatic hydroxyl groups is 1. The lowest BCUT2D eigenvalue weighted by molar-refractivity contribution is -0.567. The van der Waals surface area contributed by atoms with E-state index in [4.69, 9.17) is 0 Å². The highest BCUT2D eigenvalue weighted by Gasteiger charge is 2.50. The predicted octanol–water partition coefficient (Wildman–Crippen LogP) is 3.00. The Morgan fingerprint density at radius 1 is 1.29 bits per heavy atom. The van der Waals surface area contributed by atoms with Crippen molar-refractivity contribution in [3.8, 4) is 0 Å². The van der Waals surface area contributed by atoms with E-state index in [1.807, 2.05) is 27.9 Å². The van der Waals surface area contributed by atoms with Gasteiger partial charge in [-0.3, -0.25) is 0 Å². The summed E-state index contributed by atoms with van der Waals surface area (Å²) in [4.78, 5) is 0. The number of nitrogens with zero attached hydrogens (tertiary/aromatic N) is 3. The smallest absolute Gasteiger partial charge is 0.279 e. The lowest BCUT2D eigenvalue weighted by Gasteiger charge is -2.35. The Kier molecular flexibility index (Phi) is 4.24. The fraction of sp³-hybridized carbons (Fsp3) is 0.588. The molecule has 1 unspecified atom stereocenters. The zero-order chi connectivity index (χ0) is 14.7. The molecule has 4 nitrogen and oxygen atoms in total. The first kappa shape index (κ1) is 14.5. The topological polar surface area (TPSA) is 38.8 Å². The molecule has 3 rings (SSSR count). The van der Waals surface area contributed by atoms with Crippen LogP contribution in [0.4, 0.5) is 0 Å². The van der Waals surface area contributed by atoms with Crippen LogP contribution in [0.25, 0.3) is 0 Å². The van der Waals surface area contributed by atoms with Gasteiger partial charge in [0.1, 0.15) is 18.7 Å². The highest BCUT2D eigenvalue weighted by atomic mass is 16.3. The van der Waals surface area contributed by atoms with E-state index in [9.17, 15) is 5.11 Å². The summed E-state index contributed by atoms with van der Waals surface area (Å²) in [5, 5.41) is 17.5. The maximum atomic E-state index is 11.0. The van der Waals surface area contributed by atoms with Crippen LogP contribution in [-0.4, -0.2) is 33.0 Å². The highest BCUT2D eigenvalue weighted by molar-refractivity contribution is 5.13. The SMILES string of the molecule is CCN1N=[N+](Cc2ccccc2)[C]C1C1(O)CCCCC1. The summed E-state index contributed by atoms with van der Waals surface area (Å²) in [6, 6.07) is 10.2. The van der Waals surface area contributed by atoms with Crippen LogP contribution < -0.4 is 0 Å².